The number of methoxy groups -OCH3 is 1. The first-order valence-corrected chi connectivity index (χ1v) is 6.28. The zero-order valence-electron chi connectivity index (χ0n) is 11.2. The van der Waals surface area contributed by atoms with E-state index in [4.69, 9.17) is 9.15 Å². The van der Waals surface area contributed by atoms with Gasteiger partial charge in [0.25, 0.3) is 5.91 Å². The van der Waals surface area contributed by atoms with Crippen LogP contribution in [0.3, 0.4) is 0 Å². The largest absolute Gasteiger partial charge is 0.467 e. The van der Waals surface area contributed by atoms with E-state index < -0.39 is 18.1 Å². The average Bonchev–Trinajstić information content (AvgIpc) is 3.01. The topological polar surface area (TPSA) is 71.7 Å². The number of carbonyl (C=O) groups is 1. The zero-order valence-corrected chi connectivity index (χ0v) is 11.2. The van der Waals surface area contributed by atoms with E-state index in [0.29, 0.717) is 11.3 Å². The van der Waals surface area contributed by atoms with Gasteiger partial charge in [-0.3, -0.25) is 4.79 Å². The average molecular weight is 275 g/mol. The number of rotatable bonds is 6. The Morgan fingerprint density at radius 2 is 2.05 bits per heavy atom. The maximum atomic E-state index is 12.1. The molecule has 0 fully saturated rings. The molecule has 1 amide bonds. The van der Waals surface area contributed by atoms with Gasteiger partial charge in [0.15, 0.2) is 6.10 Å². The lowest BCUT2D eigenvalue weighted by molar-refractivity contribution is -0.131. The summed E-state index contributed by atoms with van der Waals surface area (Å²) in [4.78, 5) is 12.1. The molecule has 2 atom stereocenters. The van der Waals surface area contributed by atoms with Crippen LogP contribution in [0, 0.1) is 0 Å². The fourth-order valence-electron chi connectivity index (χ4n) is 1.89. The summed E-state index contributed by atoms with van der Waals surface area (Å²) in [5, 5.41) is 12.7. The summed E-state index contributed by atoms with van der Waals surface area (Å²) in [6.45, 7) is 0.265. The van der Waals surface area contributed by atoms with Crippen LogP contribution in [0.25, 0.3) is 0 Å². The molecule has 5 heteroatoms. The first-order chi connectivity index (χ1) is 9.72. The highest BCUT2D eigenvalue weighted by Crippen LogP contribution is 2.17. The molecule has 2 rings (SSSR count). The molecule has 0 spiro atoms. The lowest BCUT2D eigenvalue weighted by atomic mass is 10.1. The lowest BCUT2D eigenvalue weighted by Crippen LogP contribution is -2.34. The predicted octanol–water partition coefficient (Wildman–Crippen LogP) is 1.82. The van der Waals surface area contributed by atoms with Crippen molar-refractivity contribution in [2.75, 3.05) is 13.7 Å². The third-order valence-corrected chi connectivity index (χ3v) is 2.90. The molecule has 2 aromatic rings. The van der Waals surface area contributed by atoms with Crippen molar-refractivity contribution in [3.05, 3.63) is 60.1 Å². The quantitative estimate of drug-likeness (QED) is 0.843. The van der Waals surface area contributed by atoms with Crippen LogP contribution in [-0.4, -0.2) is 24.7 Å². The Hall–Kier alpha value is -2.11. The van der Waals surface area contributed by atoms with Crippen LogP contribution in [0.2, 0.25) is 0 Å². The molecule has 1 heterocycles. The van der Waals surface area contributed by atoms with E-state index in [-0.39, 0.29) is 6.61 Å². The van der Waals surface area contributed by atoms with Crippen LogP contribution in [0.1, 0.15) is 23.5 Å². The van der Waals surface area contributed by atoms with Crippen LogP contribution in [0.15, 0.2) is 53.1 Å². The van der Waals surface area contributed by atoms with Gasteiger partial charge < -0.3 is 19.6 Å². The van der Waals surface area contributed by atoms with Gasteiger partial charge in [-0.15, -0.1) is 0 Å². The van der Waals surface area contributed by atoms with Crippen molar-refractivity contribution in [3.63, 3.8) is 0 Å². The van der Waals surface area contributed by atoms with E-state index in [1.165, 1.54) is 13.4 Å². The van der Waals surface area contributed by atoms with Crippen molar-refractivity contribution in [1.29, 1.82) is 0 Å². The number of aliphatic hydroxyl groups is 1. The SMILES string of the molecule is COCC(NC(=O)C(O)c1ccccc1)c1ccco1. The molecule has 0 saturated heterocycles. The van der Waals surface area contributed by atoms with Gasteiger partial charge in [0.2, 0.25) is 0 Å². The molecular formula is C15H17NO4. The van der Waals surface area contributed by atoms with E-state index in [2.05, 4.69) is 5.32 Å². The van der Waals surface area contributed by atoms with Gasteiger partial charge >= 0.3 is 0 Å². The van der Waals surface area contributed by atoms with E-state index in [1.807, 2.05) is 6.07 Å². The number of furan rings is 1. The van der Waals surface area contributed by atoms with E-state index >= 15 is 0 Å². The summed E-state index contributed by atoms with van der Waals surface area (Å²) < 4.78 is 10.3. The first-order valence-electron chi connectivity index (χ1n) is 6.28. The Kier molecular flexibility index (Phi) is 4.92. The Balaban J connectivity index is 2.05. The molecule has 1 aromatic carbocycles. The second-order valence-electron chi connectivity index (χ2n) is 4.35. The number of aliphatic hydroxyl groups excluding tert-OH is 1. The molecule has 0 bridgehead atoms. The fourth-order valence-corrected chi connectivity index (χ4v) is 1.89. The van der Waals surface area contributed by atoms with Crippen molar-refractivity contribution in [2.45, 2.75) is 12.1 Å². The Labute approximate surface area is 117 Å². The molecule has 0 saturated carbocycles. The van der Waals surface area contributed by atoms with Crippen molar-refractivity contribution < 1.29 is 19.1 Å². The van der Waals surface area contributed by atoms with Gasteiger partial charge in [0.05, 0.1) is 12.9 Å². The molecule has 1 aromatic heterocycles. The standard InChI is InChI=1S/C15H17NO4/c1-19-10-12(13-8-5-9-20-13)16-15(18)14(17)11-6-3-2-4-7-11/h2-9,12,14,17H,10H2,1H3,(H,16,18). The summed E-state index contributed by atoms with van der Waals surface area (Å²) >= 11 is 0. The number of nitrogens with one attached hydrogen (secondary N) is 1. The fraction of sp³-hybridized carbons (Fsp3) is 0.267. The van der Waals surface area contributed by atoms with Gasteiger partial charge in [0, 0.05) is 7.11 Å². The van der Waals surface area contributed by atoms with Crippen molar-refractivity contribution in [1.82, 2.24) is 5.32 Å². The minimum Gasteiger partial charge on any atom is -0.467 e. The summed E-state index contributed by atoms with van der Waals surface area (Å²) in [5.74, 6) is 0.0927. The summed E-state index contributed by atoms with van der Waals surface area (Å²) in [6, 6.07) is 11.8. The third kappa shape index (κ3) is 3.46. The predicted molar refractivity (Wildman–Crippen MR) is 72.9 cm³/mol. The van der Waals surface area contributed by atoms with Crippen molar-refractivity contribution in [2.24, 2.45) is 0 Å². The molecule has 0 radical (unpaired) electrons. The maximum Gasteiger partial charge on any atom is 0.254 e. The van der Waals surface area contributed by atoms with Gasteiger partial charge in [-0.25, -0.2) is 0 Å². The highest BCUT2D eigenvalue weighted by molar-refractivity contribution is 5.82. The normalized spacial score (nSPS) is 13.7. The third-order valence-electron chi connectivity index (χ3n) is 2.90. The van der Waals surface area contributed by atoms with Gasteiger partial charge in [-0.1, -0.05) is 30.3 Å². The molecule has 0 aliphatic rings. The number of benzene rings is 1. The van der Waals surface area contributed by atoms with Crippen LogP contribution in [0.5, 0.6) is 0 Å². The molecular weight excluding hydrogens is 258 g/mol. The number of hydrogen-bond donors (Lipinski definition) is 2. The van der Waals surface area contributed by atoms with E-state index in [0.717, 1.165) is 0 Å². The molecule has 20 heavy (non-hydrogen) atoms. The molecule has 0 aliphatic heterocycles. The van der Waals surface area contributed by atoms with Crippen molar-refractivity contribution >= 4 is 5.91 Å². The first kappa shape index (κ1) is 14.3. The summed E-state index contributed by atoms with van der Waals surface area (Å²) in [5.41, 5.74) is 0.542. The zero-order chi connectivity index (χ0) is 14.4. The maximum absolute atomic E-state index is 12.1. The molecule has 2 N–H and O–H groups in total. The Morgan fingerprint density at radius 1 is 1.30 bits per heavy atom. The smallest absolute Gasteiger partial charge is 0.254 e. The van der Waals surface area contributed by atoms with Gasteiger partial charge in [-0.2, -0.15) is 0 Å². The Morgan fingerprint density at radius 3 is 2.65 bits per heavy atom. The number of hydrogen-bond acceptors (Lipinski definition) is 4. The van der Waals surface area contributed by atoms with E-state index in [9.17, 15) is 9.90 Å². The minimum atomic E-state index is -1.22. The molecule has 2 unspecified atom stereocenters. The second kappa shape index (κ2) is 6.88. The second-order valence-corrected chi connectivity index (χ2v) is 4.35. The highest BCUT2D eigenvalue weighted by atomic mass is 16.5. The number of amides is 1. The molecule has 5 nitrogen and oxygen atoms in total. The monoisotopic (exact) mass is 275 g/mol. The van der Waals surface area contributed by atoms with Gasteiger partial charge in [0.1, 0.15) is 11.8 Å². The van der Waals surface area contributed by atoms with Gasteiger partial charge in [-0.05, 0) is 17.7 Å². The van der Waals surface area contributed by atoms with Crippen LogP contribution >= 0.6 is 0 Å². The lowest BCUT2D eigenvalue weighted by Gasteiger charge is -2.18. The molecule has 106 valence electrons. The van der Waals surface area contributed by atoms with E-state index in [1.54, 1.807) is 36.4 Å². The summed E-state index contributed by atoms with van der Waals surface area (Å²) in [6.07, 6.45) is 0.308. The van der Waals surface area contributed by atoms with Crippen molar-refractivity contribution in [3.8, 4) is 0 Å². The summed E-state index contributed by atoms with van der Waals surface area (Å²) in [7, 11) is 1.54. The number of carbonyl (C=O) groups excluding carboxylic acids is 1. The van der Waals surface area contributed by atoms with Crippen LogP contribution < -0.4 is 5.32 Å². The van der Waals surface area contributed by atoms with Crippen LogP contribution in [-0.2, 0) is 9.53 Å². The Bertz CT molecular complexity index is 524. The van der Waals surface area contributed by atoms with Crippen LogP contribution in [0.4, 0.5) is 0 Å². The highest BCUT2D eigenvalue weighted by Gasteiger charge is 2.22. The molecule has 0 aliphatic carbocycles. The number of ether oxygens (including phenoxy) is 1. The minimum absolute atomic E-state index is 0.265.